The van der Waals surface area contributed by atoms with Crippen LogP contribution >= 0.6 is 15.9 Å². The van der Waals surface area contributed by atoms with Crippen LogP contribution < -0.4 is 10.7 Å². The highest BCUT2D eigenvalue weighted by molar-refractivity contribution is 9.10. The van der Waals surface area contributed by atoms with Crippen LogP contribution in [0.4, 0.5) is 5.69 Å². The van der Waals surface area contributed by atoms with E-state index in [0.29, 0.717) is 15.9 Å². The Hall–Kier alpha value is -2.48. The number of aromatic nitrogens is 2. The molecule has 0 aliphatic rings. The molecule has 2 aromatic rings. The van der Waals surface area contributed by atoms with Gasteiger partial charge in [-0.05, 0) is 40.5 Å². The number of halogens is 1. The minimum Gasteiger partial charge on any atom is -0.326 e. The van der Waals surface area contributed by atoms with Crippen LogP contribution in [-0.4, -0.2) is 27.3 Å². The molecule has 7 nitrogen and oxygen atoms in total. The monoisotopic (exact) mass is 419 g/mol. The summed E-state index contributed by atoms with van der Waals surface area (Å²) in [5.74, 6) is -0.480. The van der Waals surface area contributed by atoms with Crippen molar-refractivity contribution in [3.8, 4) is 0 Å². The number of hydrogen-bond donors (Lipinski definition) is 2. The molecule has 0 saturated heterocycles. The Labute approximate surface area is 161 Å². The molecule has 0 radical (unpaired) electrons. The fraction of sp³-hybridized carbons (Fsp3) is 0.333. The average molecular weight is 420 g/mol. The van der Waals surface area contributed by atoms with Crippen LogP contribution in [0, 0.1) is 5.41 Å². The van der Waals surface area contributed by atoms with Crippen LogP contribution in [0.1, 0.15) is 43.7 Å². The third kappa shape index (κ3) is 5.01. The number of amides is 2. The number of rotatable bonds is 4. The summed E-state index contributed by atoms with van der Waals surface area (Å²) < 4.78 is 2.13. The zero-order valence-electron chi connectivity index (χ0n) is 15.4. The third-order valence-corrected chi connectivity index (χ3v) is 4.12. The highest BCUT2D eigenvalue weighted by Gasteiger charge is 2.21. The van der Waals surface area contributed by atoms with Crippen molar-refractivity contribution >= 4 is 39.1 Å². The van der Waals surface area contributed by atoms with Crippen molar-refractivity contribution in [3.63, 3.8) is 0 Å². The van der Waals surface area contributed by atoms with Gasteiger partial charge in [-0.3, -0.25) is 14.3 Å². The van der Waals surface area contributed by atoms with E-state index in [9.17, 15) is 9.59 Å². The molecule has 1 aromatic heterocycles. The van der Waals surface area contributed by atoms with Crippen LogP contribution in [0.5, 0.6) is 0 Å². The van der Waals surface area contributed by atoms with Gasteiger partial charge in [0.25, 0.3) is 5.91 Å². The van der Waals surface area contributed by atoms with E-state index in [1.54, 1.807) is 20.2 Å². The normalized spacial score (nSPS) is 12.0. The zero-order valence-corrected chi connectivity index (χ0v) is 17.0. The van der Waals surface area contributed by atoms with Crippen molar-refractivity contribution in [2.24, 2.45) is 17.6 Å². The van der Waals surface area contributed by atoms with Gasteiger partial charge in [-0.2, -0.15) is 10.2 Å². The van der Waals surface area contributed by atoms with E-state index < -0.39 is 11.3 Å². The lowest BCUT2D eigenvalue weighted by Crippen LogP contribution is -2.27. The second-order valence-corrected chi connectivity index (χ2v) is 7.78. The Balaban J connectivity index is 2.11. The molecule has 0 unspecified atom stereocenters. The molecule has 0 aliphatic carbocycles. The van der Waals surface area contributed by atoms with Crippen molar-refractivity contribution in [2.75, 3.05) is 5.32 Å². The minimum absolute atomic E-state index is 0.0717. The van der Waals surface area contributed by atoms with Crippen LogP contribution in [0.2, 0.25) is 0 Å². The topological polar surface area (TPSA) is 88.4 Å². The van der Waals surface area contributed by atoms with Crippen LogP contribution in [0.15, 0.2) is 40.0 Å². The number of hydrogen-bond acceptors (Lipinski definition) is 4. The quantitative estimate of drug-likeness (QED) is 0.588. The summed E-state index contributed by atoms with van der Waals surface area (Å²) in [5, 5.41) is 11.1. The van der Waals surface area contributed by atoms with E-state index in [1.807, 2.05) is 45.0 Å². The van der Waals surface area contributed by atoms with Crippen molar-refractivity contribution in [2.45, 2.75) is 27.7 Å². The van der Waals surface area contributed by atoms with Gasteiger partial charge < -0.3 is 5.32 Å². The summed E-state index contributed by atoms with van der Waals surface area (Å²) in [7, 11) is 1.73. The molecule has 1 heterocycles. The summed E-state index contributed by atoms with van der Waals surface area (Å²) in [6.45, 7) is 7.33. The highest BCUT2D eigenvalue weighted by atomic mass is 79.9. The van der Waals surface area contributed by atoms with Crippen LogP contribution in [0.25, 0.3) is 0 Å². The third-order valence-electron chi connectivity index (χ3n) is 3.54. The standard InChI is InChI=1S/C18H22BrN5O2/c1-11(21-22-16(25)15-14(19)10-24(5)23-15)12-7-6-8-13(9-12)20-17(26)18(2,3)4/h6-10H,1-5H3,(H,20,26)(H,22,25)/b21-11-. The number of nitrogens with one attached hydrogen (secondary N) is 2. The van der Waals surface area contributed by atoms with Crippen molar-refractivity contribution in [3.05, 3.63) is 46.2 Å². The molecule has 0 aliphatic heterocycles. The van der Waals surface area contributed by atoms with E-state index in [1.165, 1.54) is 4.68 Å². The molecule has 2 rings (SSSR count). The first-order valence-electron chi connectivity index (χ1n) is 8.03. The molecular weight excluding hydrogens is 398 g/mol. The van der Waals surface area contributed by atoms with E-state index in [2.05, 4.69) is 36.9 Å². The van der Waals surface area contributed by atoms with Gasteiger partial charge in [0.2, 0.25) is 5.91 Å². The number of hydrazone groups is 1. The molecule has 2 amide bonds. The fourth-order valence-electron chi connectivity index (χ4n) is 2.01. The van der Waals surface area contributed by atoms with Gasteiger partial charge in [0.05, 0.1) is 10.2 Å². The molecule has 138 valence electrons. The van der Waals surface area contributed by atoms with Gasteiger partial charge in [-0.1, -0.05) is 32.9 Å². The Bertz CT molecular complexity index is 865. The molecule has 0 spiro atoms. The largest absolute Gasteiger partial charge is 0.326 e. The first-order valence-corrected chi connectivity index (χ1v) is 8.83. The van der Waals surface area contributed by atoms with Gasteiger partial charge in [0.1, 0.15) is 0 Å². The number of aryl methyl sites for hydroxylation is 1. The zero-order chi connectivity index (χ0) is 19.5. The second kappa shape index (κ2) is 7.82. The molecule has 0 fully saturated rings. The second-order valence-electron chi connectivity index (χ2n) is 6.92. The van der Waals surface area contributed by atoms with Crippen molar-refractivity contribution in [1.82, 2.24) is 15.2 Å². The van der Waals surface area contributed by atoms with E-state index in [4.69, 9.17) is 0 Å². The Morgan fingerprint density at radius 2 is 1.96 bits per heavy atom. The van der Waals surface area contributed by atoms with Gasteiger partial charge >= 0.3 is 0 Å². The van der Waals surface area contributed by atoms with Gasteiger partial charge in [-0.25, -0.2) is 5.43 Å². The Morgan fingerprint density at radius 3 is 2.54 bits per heavy atom. The SMILES string of the molecule is C/C(=N/NC(=O)c1nn(C)cc1Br)c1cccc(NC(=O)C(C)(C)C)c1. The smallest absolute Gasteiger partial charge is 0.293 e. The first-order chi connectivity index (χ1) is 12.1. The molecular formula is C18H22BrN5O2. The summed E-state index contributed by atoms with van der Waals surface area (Å²) in [6.07, 6.45) is 1.69. The first kappa shape index (κ1) is 19.8. The average Bonchev–Trinajstić information content (AvgIpc) is 2.90. The van der Waals surface area contributed by atoms with Gasteiger partial charge in [-0.15, -0.1) is 0 Å². The van der Waals surface area contributed by atoms with Gasteiger partial charge in [0, 0.05) is 24.3 Å². The molecule has 0 saturated carbocycles. The number of carbonyl (C=O) groups is 2. The molecule has 2 N–H and O–H groups in total. The maximum absolute atomic E-state index is 12.2. The van der Waals surface area contributed by atoms with Gasteiger partial charge in [0.15, 0.2) is 5.69 Å². The molecule has 0 atom stereocenters. The lowest BCUT2D eigenvalue weighted by atomic mass is 9.95. The van der Waals surface area contributed by atoms with Crippen LogP contribution in [-0.2, 0) is 11.8 Å². The number of carbonyl (C=O) groups excluding carboxylic acids is 2. The number of nitrogens with zero attached hydrogens (tertiary/aromatic N) is 3. The highest BCUT2D eigenvalue weighted by Crippen LogP contribution is 2.18. The molecule has 1 aromatic carbocycles. The molecule has 0 bridgehead atoms. The summed E-state index contributed by atoms with van der Waals surface area (Å²) in [4.78, 5) is 24.3. The Kier molecular flexibility index (Phi) is 5.97. The lowest BCUT2D eigenvalue weighted by Gasteiger charge is -2.18. The fourth-order valence-corrected chi connectivity index (χ4v) is 2.56. The lowest BCUT2D eigenvalue weighted by molar-refractivity contribution is -0.123. The minimum atomic E-state index is -0.483. The summed E-state index contributed by atoms with van der Waals surface area (Å²) >= 11 is 3.29. The predicted octanol–water partition coefficient (Wildman–Crippen LogP) is 3.32. The number of anilines is 1. The van der Waals surface area contributed by atoms with E-state index in [0.717, 1.165) is 5.56 Å². The summed E-state index contributed by atoms with van der Waals surface area (Å²) in [6, 6.07) is 7.30. The molecule has 26 heavy (non-hydrogen) atoms. The predicted molar refractivity (Wildman–Crippen MR) is 105 cm³/mol. The van der Waals surface area contributed by atoms with E-state index in [-0.39, 0.29) is 11.6 Å². The van der Waals surface area contributed by atoms with Crippen molar-refractivity contribution in [1.29, 1.82) is 0 Å². The summed E-state index contributed by atoms with van der Waals surface area (Å²) in [5.41, 5.74) is 4.34. The van der Waals surface area contributed by atoms with Crippen LogP contribution in [0.3, 0.4) is 0 Å². The van der Waals surface area contributed by atoms with E-state index >= 15 is 0 Å². The number of benzene rings is 1. The maximum atomic E-state index is 12.2. The Morgan fingerprint density at radius 1 is 1.27 bits per heavy atom. The van der Waals surface area contributed by atoms with Crippen molar-refractivity contribution < 1.29 is 9.59 Å². The molecule has 8 heteroatoms. The maximum Gasteiger partial charge on any atom is 0.293 e.